The van der Waals surface area contributed by atoms with Gasteiger partial charge in [-0.3, -0.25) is 9.59 Å². The largest absolute Gasteiger partial charge is 0.430 e. The van der Waals surface area contributed by atoms with E-state index < -0.39 is 34.5 Å². The molecule has 2 N–H and O–H groups in total. The zero-order valence-electron chi connectivity index (χ0n) is 18.0. The molecule has 0 bridgehead atoms. The molecule has 34 heavy (non-hydrogen) atoms. The third-order valence-electron chi connectivity index (χ3n) is 7.04. The van der Waals surface area contributed by atoms with Gasteiger partial charge in [-0.15, -0.1) is 0 Å². The van der Waals surface area contributed by atoms with E-state index in [0.717, 1.165) is 22.6 Å². The van der Waals surface area contributed by atoms with Gasteiger partial charge in [0.05, 0.1) is 0 Å². The lowest BCUT2D eigenvalue weighted by molar-refractivity contribution is -0.262. The molecule has 0 aromatic heterocycles. The zero-order valence-corrected chi connectivity index (χ0v) is 19.6. The Morgan fingerprint density at radius 2 is 1.76 bits per heavy atom. The van der Waals surface area contributed by atoms with Gasteiger partial charge in [0.2, 0.25) is 5.91 Å². The number of amides is 2. The van der Waals surface area contributed by atoms with Crippen molar-refractivity contribution in [2.75, 3.05) is 19.6 Å². The van der Waals surface area contributed by atoms with Crippen LogP contribution in [0, 0.1) is 11.2 Å². The fourth-order valence-corrected chi connectivity index (χ4v) is 5.53. The summed E-state index contributed by atoms with van der Waals surface area (Å²) < 4.78 is 55.9. The van der Waals surface area contributed by atoms with Crippen LogP contribution >= 0.6 is 15.9 Å². The number of halogens is 5. The maximum Gasteiger partial charge on any atom is 0.430 e. The molecule has 2 aromatic rings. The van der Waals surface area contributed by atoms with Crippen LogP contribution in [0.25, 0.3) is 0 Å². The normalized spacial score (nSPS) is 22.2. The standard InChI is InChI=1S/C24H23BrF4N2O3/c25-17-3-1-2-16(12-17)23(34,24(27,28)29)21(33)31-10-8-22(9-11-31)13-20(32)30-14-19(22)15-4-6-18(26)7-5-15/h1-7,12,19,34H,8-11,13-14H2,(H,30,32)/t19-,23+/m0/s1. The molecule has 0 unspecified atom stereocenters. The number of nitrogens with one attached hydrogen (secondary N) is 1. The summed E-state index contributed by atoms with van der Waals surface area (Å²) >= 11 is 3.09. The van der Waals surface area contributed by atoms with Crippen LogP contribution in [0.15, 0.2) is 53.0 Å². The minimum absolute atomic E-state index is 0.0454. The topological polar surface area (TPSA) is 69.6 Å². The van der Waals surface area contributed by atoms with Gasteiger partial charge in [-0.1, -0.05) is 40.2 Å². The second-order valence-electron chi connectivity index (χ2n) is 8.96. The minimum Gasteiger partial charge on any atom is -0.369 e. The molecule has 2 saturated heterocycles. The van der Waals surface area contributed by atoms with Gasteiger partial charge >= 0.3 is 6.18 Å². The monoisotopic (exact) mass is 542 g/mol. The lowest BCUT2D eigenvalue weighted by Crippen LogP contribution is -2.59. The van der Waals surface area contributed by atoms with E-state index in [-0.39, 0.29) is 44.2 Å². The summed E-state index contributed by atoms with van der Waals surface area (Å²) in [6, 6.07) is 10.9. The van der Waals surface area contributed by atoms with Crippen LogP contribution in [0.3, 0.4) is 0 Å². The fourth-order valence-electron chi connectivity index (χ4n) is 5.14. The summed E-state index contributed by atoms with van der Waals surface area (Å²) in [6.07, 6.45) is -4.52. The van der Waals surface area contributed by atoms with E-state index in [1.54, 1.807) is 12.1 Å². The maximum absolute atomic E-state index is 14.0. The third kappa shape index (κ3) is 4.33. The van der Waals surface area contributed by atoms with E-state index in [0.29, 0.717) is 11.0 Å². The summed E-state index contributed by atoms with van der Waals surface area (Å²) in [6.45, 7) is 0.231. The summed E-state index contributed by atoms with van der Waals surface area (Å²) in [5.41, 5.74) is -4.02. The number of hydrogen-bond donors (Lipinski definition) is 2. The van der Waals surface area contributed by atoms with Crippen molar-refractivity contribution in [1.29, 1.82) is 0 Å². The number of hydrogen-bond acceptors (Lipinski definition) is 3. The molecule has 10 heteroatoms. The van der Waals surface area contributed by atoms with Crippen LogP contribution in [-0.2, 0) is 15.2 Å². The Bertz CT molecular complexity index is 1080. The van der Waals surface area contributed by atoms with Crippen molar-refractivity contribution < 1.29 is 32.3 Å². The van der Waals surface area contributed by atoms with Gasteiger partial charge in [-0.2, -0.15) is 13.2 Å². The van der Waals surface area contributed by atoms with Crippen molar-refractivity contribution in [1.82, 2.24) is 10.2 Å². The first-order valence-corrected chi connectivity index (χ1v) is 11.6. The average molecular weight is 543 g/mol. The summed E-state index contributed by atoms with van der Waals surface area (Å²) in [7, 11) is 0. The molecule has 5 nitrogen and oxygen atoms in total. The van der Waals surface area contributed by atoms with E-state index in [1.807, 2.05) is 0 Å². The van der Waals surface area contributed by atoms with E-state index in [2.05, 4.69) is 21.2 Å². The minimum atomic E-state index is -5.23. The van der Waals surface area contributed by atoms with Crippen molar-refractivity contribution in [2.45, 2.75) is 37.0 Å². The van der Waals surface area contributed by atoms with Gasteiger partial charge < -0.3 is 15.3 Å². The number of nitrogens with zero attached hydrogens (tertiary/aromatic N) is 1. The second-order valence-corrected chi connectivity index (χ2v) is 9.87. The van der Waals surface area contributed by atoms with Gasteiger partial charge in [0, 0.05) is 42.0 Å². The number of benzene rings is 2. The predicted molar refractivity (Wildman–Crippen MR) is 119 cm³/mol. The molecule has 2 atom stereocenters. The Labute approximate surface area is 202 Å². The molecule has 2 amide bonds. The van der Waals surface area contributed by atoms with Gasteiger partial charge in [-0.25, -0.2) is 4.39 Å². The summed E-state index contributed by atoms with van der Waals surface area (Å²) in [4.78, 5) is 26.4. The van der Waals surface area contributed by atoms with Crippen LogP contribution in [0.1, 0.15) is 36.3 Å². The van der Waals surface area contributed by atoms with Crippen molar-refractivity contribution >= 4 is 27.7 Å². The lowest BCUT2D eigenvalue weighted by atomic mass is 9.62. The van der Waals surface area contributed by atoms with E-state index in [4.69, 9.17) is 0 Å². The molecule has 2 aliphatic rings. The third-order valence-corrected chi connectivity index (χ3v) is 7.53. The number of piperidine rings is 2. The number of likely N-dealkylation sites (tertiary alicyclic amines) is 1. The molecule has 0 saturated carbocycles. The number of carbonyl (C=O) groups is 2. The highest BCUT2D eigenvalue weighted by Crippen LogP contribution is 2.50. The zero-order chi connectivity index (χ0) is 24.7. The first kappa shape index (κ1) is 24.7. The number of rotatable bonds is 3. The molecule has 182 valence electrons. The number of carbonyl (C=O) groups excluding carboxylic acids is 2. The Balaban J connectivity index is 1.60. The van der Waals surface area contributed by atoms with Gasteiger partial charge in [0.25, 0.3) is 11.5 Å². The Kier molecular flexibility index (Phi) is 6.50. The van der Waals surface area contributed by atoms with Crippen LogP contribution in [0.5, 0.6) is 0 Å². The van der Waals surface area contributed by atoms with Crippen molar-refractivity contribution in [3.05, 3.63) is 69.9 Å². The van der Waals surface area contributed by atoms with Gasteiger partial charge in [-0.05, 0) is 48.1 Å². The molecule has 2 aliphatic heterocycles. The average Bonchev–Trinajstić information content (AvgIpc) is 2.79. The molecular weight excluding hydrogens is 520 g/mol. The molecule has 2 fully saturated rings. The summed E-state index contributed by atoms with van der Waals surface area (Å²) in [5, 5.41) is 13.5. The van der Waals surface area contributed by atoms with E-state index in [9.17, 15) is 32.3 Å². The highest BCUT2D eigenvalue weighted by atomic mass is 79.9. The highest BCUT2D eigenvalue weighted by Gasteiger charge is 2.62. The molecule has 1 spiro atoms. The van der Waals surface area contributed by atoms with Gasteiger partial charge in [0.15, 0.2) is 0 Å². The quantitative estimate of drug-likeness (QED) is 0.569. The Morgan fingerprint density at radius 3 is 2.35 bits per heavy atom. The molecule has 0 radical (unpaired) electrons. The number of alkyl halides is 3. The first-order chi connectivity index (χ1) is 16.0. The SMILES string of the molecule is O=C1CC2(CCN(C(=O)[C@](O)(c3cccc(Br)c3)C(F)(F)F)CC2)[C@H](c2ccc(F)cc2)CN1. The lowest BCUT2D eigenvalue weighted by Gasteiger charge is -2.50. The van der Waals surface area contributed by atoms with Crippen LogP contribution in [-0.4, -0.2) is 47.6 Å². The molecule has 4 rings (SSSR count). The highest BCUT2D eigenvalue weighted by molar-refractivity contribution is 9.10. The van der Waals surface area contributed by atoms with E-state index in [1.165, 1.54) is 24.3 Å². The smallest absolute Gasteiger partial charge is 0.369 e. The molecule has 2 aromatic carbocycles. The van der Waals surface area contributed by atoms with Crippen LogP contribution in [0.2, 0.25) is 0 Å². The fraction of sp³-hybridized carbons (Fsp3) is 0.417. The van der Waals surface area contributed by atoms with Crippen LogP contribution in [0.4, 0.5) is 17.6 Å². The molecular formula is C24H23BrF4N2O3. The van der Waals surface area contributed by atoms with Crippen molar-refractivity contribution in [3.63, 3.8) is 0 Å². The number of aliphatic hydroxyl groups is 1. The Hall–Kier alpha value is -2.46. The predicted octanol–water partition coefficient (Wildman–Crippen LogP) is 4.25. The van der Waals surface area contributed by atoms with Crippen LogP contribution < -0.4 is 5.32 Å². The summed E-state index contributed by atoms with van der Waals surface area (Å²) in [5.74, 6) is -2.17. The van der Waals surface area contributed by atoms with E-state index >= 15 is 0 Å². The second kappa shape index (κ2) is 8.96. The van der Waals surface area contributed by atoms with Gasteiger partial charge in [0.1, 0.15) is 5.82 Å². The molecule has 0 aliphatic carbocycles. The van der Waals surface area contributed by atoms with Crippen molar-refractivity contribution in [2.24, 2.45) is 5.41 Å². The Morgan fingerprint density at radius 1 is 1.12 bits per heavy atom. The maximum atomic E-state index is 14.0. The van der Waals surface area contributed by atoms with Crippen molar-refractivity contribution in [3.8, 4) is 0 Å². The molecule has 2 heterocycles. The first-order valence-electron chi connectivity index (χ1n) is 10.8.